The lowest BCUT2D eigenvalue weighted by Crippen LogP contribution is -2.30. The molecule has 5 heteroatoms. The summed E-state index contributed by atoms with van der Waals surface area (Å²) in [5.41, 5.74) is 1.03. The molecular formula is C14H24N4O. The van der Waals surface area contributed by atoms with Gasteiger partial charge in [0.05, 0.1) is 5.69 Å². The fraction of sp³-hybridized carbons (Fsp3) is 0.714. The number of aromatic nitrogens is 2. The Bertz CT molecular complexity index is 396. The summed E-state index contributed by atoms with van der Waals surface area (Å²) >= 11 is 0. The summed E-state index contributed by atoms with van der Waals surface area (Å²) in [6.07, 6.45) is 6.83. The number of rotatable bonds is 6. The molecule has 0 aromatic carbocycles. The van der Waals surface area contributed by atoms with E-state index >= 15 is 0 Å². The van der Waals surface area contributed by atoms with Crippen LogP contribution < -0.4 is 10.6 Å². The van der Waals surface area contributed by atoms with Crippen molar-refractivity contribution in [2.24, 2.45) is 13.0 Å². The summed E-state index contributed by atoms with van der Waals surface area (Å²) in [4.78, 5) is 11.7. The molecule has 1 amide bonds. The quantitative estimate of drug-likeness (QED) is 0.801. The zero-order valence-electron chi connectivity index (χ0n) is 11.7. The topological polar surface area (TPSA) is 59.0 Å². The van der Waals surface area contributed by atoms with E-state index in [1.54, 1.807) is 4.68 Å². The van der Waals surface area contributed by atoms with Crippen molar-refractivity contribution in [1.82, 2.24) is 20.4 Å². The van der Waals surface area contributed by atoms with Gasteiger partial charge in [-0.2, -0.15) is 5.10 Å². The molecule has 2 heterocycles. The predicted molar refractivity (Wildman–Crippen MR) is 74.7 cm³/mol. The highest BCUT2D eigenvalue weighted by molar-refractivity contribution is 5.75. The Kier molecular flexibility index (Phi) is 5.39. The van der Waals surface area contributed by atoms with E-state index < -0.39 is 0 Å². The first-order valence-electron chi connectivity index (χ1n) is 7.20. The third-order valence-corrected chi connectivity index (χ3v) is 3.71. The van der Waals surface area contributed by atoms with Crippen LogP contribution in [0.15, 0.2) is 12.3 Å². The SMILES string of the molecule is Cn1ccc(CCNC(=O)CCC2CCNCC2)n1. The molecule has 0 spiro atoms. The summed E-state index contributed by atoms with van der Waals surface area (Å²) in [6.45, 7) is 2.89. The number of aryl methyl sites for hydroxylation is 1. The van der Waals surface area contributed by atoms with Gasteiger partial charge in [-0.3, -0.25) is 9.48 Å². The van der Waals surface area contributed by atoms with Crippen LogP contribution in [0.1, 0.15) is 31.4 Å². The number of amides is 1. The number of nitrogens with one attached hydrogen (secondary N) is 2. The minimum absolute atomic E-state index is 0.175. The van der Waals surface area contributed by atoms with Crippen LogP contribution in [0.2, 0.25) is 0 Å². The Morgan fingerprint density at radius 3 is 3.00 bits per heavy atom. The molecule has 1 aliphatic rings. The van der Waals surface area contributed by atoms with E-state index in [2.05, 4.69) is 15.7 Å². The molecule has 1 aliphatic heterocycles. The van der Waals surface area contributed by atoms with Crippen LogP contribution in [0.25, 0.3) is 0 Å². The molecule has 1 aromatic rings. The van der Waals surface area contributed by atoms with Crippen molar-refractivity contribution in [2.75, 3.05) is 19.6 Å². The Morgan fingerprint density at radius 1 is 1.53 bits per heavy atom. The molecule has 2 rings (SSSR count). The summed E-state index contributed by atoms with van der Waals surface area (Å²) in [6, 6.07) is 1.99. The third kappa shape index (κ3) is 5.03. The fourth-order valence-electron chi connectivity index (χ4n) is 2.52. The smallest absolute Gasteiger partial charge is 0.220 e. The number of piperidine rings is 1. The van der Waals surface area contributed by atoms with Gasteiger partial charge in [0.1, 0.15) is 0 Å². The van der Waals surface area contributed by atoms with Gasteiger partial charge >= 0.3 is 0 Å². The van der Waals surface area contributed by atoms with Gasteiger partial charge in [-0.1, -0.05) is 0 Å². The van der Waals surface area contributed by atoms with E-state index in [1.807, 2.05) is 19.3 Å². The van der Waals surface area contributed by atoms with Crippen molar-refractivity contribution in [3.63, 3.8) is 0 Å². The second kappa shape index (κ2) is 7.28. The van der Waals surface area contributed by atoms with E-state index in [1.165, 1.54) is 12.8 Å². The molecule has 0 atom stereocenters. The van der Waals surface area contributed by atoms with Crippen LogP contribution in [0.5, 0.6) is 0 Å². The Balaban J connectivity index is 1.56. The van der Waals surface area contributed by atoms with Crippen LogP contribution in [0, 0.1) is 5.92 Å². The molecule has 19 heavy (non-hydrogen) atoms. The first-order chi connectivity index (χ1) is 9.24. The Morgan fingerprint density at radius 2 is 2.32 bits per heavy atom. The minimum atomic E-state index is 0.175. The number of carbonyl (C=O) groups excluding carboxylic acids is 1. The zero-order valence-corrected chi connectivity index (χ0v) is 11.7. The predicted octanol–water partition coefficient (Wildman–Crippen LogP) is 0.859. The van der Waals surface area contributed by atoms with Crippen molar-refractivity contribution in [2.45, 2.75) is 32.1 Å². The third-order valence-electron chi connectivity index (χ3n) is 3.71. The van der Waals surface area contributed by atoms with Gasteiger partial charge < -0.3 is 10.6 Å². The molecular weight excluding hydrogens is 240 g/mol. The second-order valence-electron chi connectivity index (χ2n) is 5.31. The summed E-state index contributed by atoms with van der Waals surface area (Å²) in [5, 5.41) is 10.6. The van der Waals surface area contributed by atoms with E-state index in [9.17, 15) is 4.79 Å². The standard InChI is InChI=1S/C14H24N4O/c1-18-11-7-13(17-18)6-10-16-14(19)3-2-12-4-8-15-9-5-12/h7,11-12,15H,2-6,8-10H2,1H3,(H,16,19). The van der Waals surface area contributed by atoms with Crippen molar-refractivity contribution in [1.29, 1.82) is 0 Å². The van der Waals surface area contributed by atoms with Gasteiger partial charge in [0.15, 0.2) is 0 Å². The number of hydrogen-bond acceptors (Lipinski definition) is 3. The second-order valence-corrected chi connectivity index (χ2v) is 5.31. The average Bonchev–Trinajstić information content (AvgIpc) is 2.83. The first-order valence-corrected chi connectivity index (χ1v) is 7.20. The molecule has 0 radical (unpaired) electrons. The lowest BCUT2D eigenvalue weighted by atomic mass is 9.93. The summed E-state index contributed by atoms with van der Waals surface area (Å²) in [5.74, 6) is 0.900. The normalized spacial score (nSPS) is 16.5. The van der Waals surface area contributed by atoms with Crippen LogP contribution in [0.4, 0.5) is 0 Å². The van der Waals surface area contributed by atoms with Crippen molar-refractivity contribution < 1.29 is 4.79 Å². The van der Waals surface area contributed by atoms with Crippen molar-refractivity contribution in [3.8, 4) is 0 Å². The van der Waals surface area contributed by atoms with E-state index in [4.69, 9.17) is 0 Å². The van der Waals surface area contributed by atoms with Gasteiger partial charge in [0, 0.05) is 32.6 Å². The average molecular weight is 264 g/mol. The molecule has 106 valence electrons. The Hall–Kier alpha value is -1.36. The van der Waals surface area contributed by atoms with Crippen LogP contribution in [0.3, 0.4) is 0 Å². The molecule has 5 nitrogen and oxygen atoms in total. The maximum absolute atomic E-state index is 11.7. The monoisotopic (exact) mass is 264 g/mol. The van der Waals surface area contributed by atoms with E-state index in [0.29, 0.717) is 13.0 Å². The maximum atomic E-state index is 11.7. The minimum Gasteiger partial charge on any atom is -0.356 e. The maximum Gasteiger partial charge on any atom is 0.220 e. The highest BCUT2D eigenvalue weighted by Crippen LogP contribution is 2.17. The van der Waals surface area contributed by atoms with Crippen LogP contribution in [-0.4, -0.2) is 35.3 Å². The van der Waals surface area contributed by atoms with E-state index in [-0.39, 0.29) is 5.91 Å². The van der Waals surface area contributed by atoms with Gasteiger partial charge in [0.25, 0.3) is 0 Å². The highest BCUT2D eigenvalue weighted by Gasteiger charge is 2.14. The van der Waals surface area contributed by atoms with E-state index in [0.717, 1.165) is 37.5 Å². The fourth-order valence-corrected chi connectivity index (χ4v) is 2.52. The van der Waals surface area contributed by atoms with Crippen molar-refractivity contribution >= 4 is 5.91 Å². The largest absolute Gasteiger partial charge is 0.356 e. The molecule has 0 saturated carbocycles. The number of carbonyl (C=O) groups is 1. The van der Waals surface area contributed by atoms with Gasteiger partial charge in [-0.25, -0.2) is 0 Å². The molecule has 1 fully saturated rings. The van der Waals surface area contributed by atoms with Gasteiger partial charge in [-0.05, 0) is 44.3 Å². The number of hydrogen-bond donors (Lipinski definition) is 2. The van der Waals surface area contributed by atoms with Gasteiger partial charge in [-0.15, -0.1) is 0 Å². The lowest BCUT2D eigenvalue weighted by molar-refractivity contribution is -0.121. The number of nitrogens with zero attached hydrogens (tertiary/aromatic N) is 2. The summed E-state index contributed by atoms with van der Waals surface area (Å²) in [7, 11) is 1.90. The molecule has 2 N–H and O–H groups in total. The van der Waals surface area contributed by atoms with Crippen LogP contribution >= 0.6 is 0 Å². The first kappa shape index (κ1) is 14.1. The van der Waals surface area contributed by atoms with Gasteiger partial charge in [0.2, 0.25) is 5.91 Å². The molecule has 0 unspecified atom stereocenters. The van der Waals surface area contributed by atoms with Crippen molar-refractivity contribution in [3.05, 3.63) is 18.0 Å². The summed E-state index contributed by atoms with van der Waals surface area (Å²) < 4.78 is 1.79. The molecule has 0 bridgehead atoms. The zero-order chi connectivity index (χ0) is 13.5. The van der Waals surface area contributed by atoms with Crippen LogP contribution in [-0.2, 0) is 18.3 Å². The highest BCUT2D eigenvalue weighted by atomic mass is 16.1. The molecule has 0 aliphatic carbocycles. The molecule has 1 aromatic heterocycles. The Labute approximate surface area is 114 Å². The lowest BCUT2D eigenvalue weighted by Gasteiger charge is -2.22. The molecule has 1 saturated heterocycles.